The van der Waals surface area contributed by atoms with Crippen molar-refractivity contribution >= 4 is 9.84 Å². The minimum Gasteiger partial charge on any atom is -0.508 e. The highest BCUT2D eigenvalue weighted by atomic mass is 32.2. The molecule has 3 aliphatic rings. The number of rotatable bonds is 7. The molecular weight excluding hydrogens is 438 g/mol. The Bertz CT molecular complexity index is 1240. The molecule has 33 heavy (non-hydrogen) atoms. The number of fused-ring (bicyclic) bond motifs is 2. The van der Waals surface area contributed by atoms with Gasteiger partial charge < -0.3 is 25.4 Å². The van der Waals surface area contributed by atoms with Gasteiger partial charge in [-0.3, -0.25) is 0 Å². The second kappa shape index (κ2) is 8.96. The summed E-state index contributed by atoms with van der Waals surface area (Å²) in [5, 5.41) is 18.0. The summed E-state index contributed by atoms with van der Waals surface area (Å²) in [6, 6.07) is 6.99. The Morgan fingerprint density at radius 2 is 2.15 bits per heavy atom. The number of hydrogen-bond acceptors (Lipinski definition) is 7. The first-order valence-electron chi connectivity index (χ1n) is 10.7. The fourth-order valence-electron chi connectivity index (χ4n) is 4.32. The van der Waals surface area contributed by atoms with Gasteiger partial charge in [-0.1, -0.05) is 36.4 Å². The smallest absolute Gasteiger partial charge is 0.199 e. The Labute approximate surface area is 195 Å². The third kappa shape index (κ3) is 4.62. The van der Waals surface area contributed by atoms with Gasteiger partial charge >= 0.3 is 0 Å². The monoisotopic (exact) mass is 467 g/mol. The van der Waals surface area contributed by atoms with Crippen LogP contribution in [0.15, 0.2) is 99.8 Å². The topological polar surface area (TPSA) is 90.9 Å². The predicted molar refractivity (Wildman–Crippen MR) is 128 cm³/mol. The van der Waals surface area contributed by atoms with Gasteiger partial charge in [-0.15, -0.1) is 0 Å². The van der Waals surface area contributed by atoms with Gasteiger partial charge in [-0.25, -0.2) is 8.42 Å². The molecule has 2 atom stereocenters. The molecule has 3 N–H and O–H groups in total. The lowest BCUT2D eigenvalue weighted by atomic mass is 9.77. The van der Waals surface area contributed by atoms with E-state index in [9.17, 15) is 13.5 Å². The number of likely N-dealkylation sites (N-methyl/N-ethyl adjacent to an activating group) is 1. The molecule has 0 spiro atoms. The highest BCUT2D eigenvalue weighted by molar-refractivity contribution is 7.94. The Kier molecular flexibility index (Phi) is 6.23. The molecule has 1 aliphatic carbocycles. The zero-order valence-electron chi connectivity index (χ0n) is 19.0. The fourth-order valence-corrected chi connectivity index (χ4v) is 5.08. The molecule has 4 rings (SSSR count). The van der Waals surface area contributed by atoms with Crippen molar-refractivity contribution in [1.82, 2.24) is 15.5 Å². The van der Waals surface area contributed by atoms with E-state index < -0.39 is 9.84 Å². The van der Waals surface area contributed by atoms with Crippen LogP contribution in [0.5, 0.6) is 0 Å². The van der Waals surface area contributed by atoms with E-state index in [4.69, 9.17) is 4.74 Å². The van der Waals surface area contributed by atoms with Crippen LogP contribution < -0.4 is 10.6 Å². The molecule has 2 heterocycles. The molecule has 1 aromatic rings. The third-order valence-corrected chi connectivity index (χ3v) is 7.16. The maximum Gasteiger partial charge on any atom is 0.199 e. The summed E-state index contributed by atoms with van der Waals surface area (Å²) in [6.07, 6.45) is 7.42. The summed E-state index contributed by atoms with van der Waals surface area (Å²) < 4.78 is 30.6. The SMILES string of the molecule is C=CS(=O)(=O)c1cccc(C2C=CC(O/C=C(\O)CN(C)C)=C3NC4=C(C=C(C)CN4)C32)c1. The summed E-state index contributed by atoms with van der Waals surface area (Å²) in [5.41, 5.74) is 4.06. The van der Waals surface area contributed by atoms with Gasteiger partial charge in [-0.05, 0) is 44.8 Å². The van der Waals surface area contributed by atoms with Crippen LogP contribution in [0.3, 0.4) is 0 Å². The van der Waals surface area contributed by atoms with E-state index in [1.165, 1.54) is 11.8 Å². The van der Waals surface area contributed by atoms with Crippen molar-refractivity contribution < 1.29 is 18.3 Å². The van der Waals surface area contributed by atoms with E-state index in [0.29, 0.717) is 12.3 Å². The fraction of sp³-hybridized carbons (Fsp3) is 0.280. The number of aliphatic hydroxyl groups is 1. The Hall–Kier alpha value is -3.23. The summed E-state index contributed by atoms with van der Waals surface area (Å²) >= 11 is 0. The van der Waals surface area contributed by atoms with Crippen molar-refractivity contribution in [3.63, 3.8) is 0 Å². The molecule has 0 amide bonds. The number of allylic oxidation sites excluding steroid dienone is 4. The predicted octanol–water partition coefficient (Wildman–Crippen LogP) is 3.43. The molecule has 7 nitrogen and oxygen atoms in total. The zero-order chi connectivity index (χ0) is 23.8. The molecule has 0 saturated heterocycles. The third-order valence-electron chi connectivity index (χ3n) is 5.81. The average molecular weight is 468 g/mol. The number of aliphatic hydroxyl groups excluding tert-OH is 1. The van der Waals surface area contributed by atoms with Crippen LogP contribution in [0.25, 0.3) is 0 Å². The van der Waals surface area contributed by atoms with E-state index in [2.05, 4.69) is 30.2 Å². The van der Waals surface area contributed by atoms with Crippen LogP contribution in [-0.4, -0.2) is 45.6 Å². The lowest BCUT2D eigenvalue weighted by Crippen LogP contribution is -2.27. The molecule has 0 radical (unpaired) electrons. The van der Waals surface area contributed by atoms with Gasteiger partial charge in [0.25, 0.3) is 0 Å². The lowest BCUT2D eigenvalue weighted by Gasteiger charge is -2.28. The molecule has 0 saturated carbocycles. The Morgan fingerprint density at radius 3 is 2.88 bits per heavy atom. The van der Waals surface area contributed by atoms with Gasteiger partial charge in [0.05, 0.1) is 17.1 Å². The van der Waals surface area contributed by atoms with Crippen LogP contribution in [-0.2, 0) is 14.6 Å². The van der Waals surface area contributed by atoms with Crippen molar-refractivity contribution in [3.05, 3.63) is 100 Å². The van der Waals surface area contributed by atoms with Crippen LogP contribution in [0.2, 0.25) is 0 Å². The van der Waals surface area contributed by atoms with E-state index >= 15 is 0 Å². The molecule has 0 bridgehead atoms. The second-order valence-corrected chi connectivity index (χ2v) is 10.6. The summed E-state index contributed by atoms with van der Waals surface area (Å²) in [4.78, 5) is 2.07. The number of nitrogens with zero attached hydrogens (tertiary/aromatic N) is 1. The Balaban J connectivity index is 1.74. The van der Waals surface area contributed by atoms with E-state index in [-0.39, 0.29) is 22.5 Å². The number of nitrogens with one attached hydrogen (secondary N) is 2. The molecule has 1 aromatic carbocycles. The highest BCUT2D eigenvalue weighted by Crippen LogP contribution is 2.46. The quantitative estimate of drug-likeness (QED) is 0.529. The standard InChI is InChI=1S/C25H29N3O4S/c1-5-33(30,31)19-8-6-7-17(12-19)20-9-10-22(32-15-18(29)14-28(3)4)24-23(20)21-11-16(2)13-26-25(21)27-24/h5-12,15,20,23,26-27,29H,1,13-14H2,2-4H3/b18-15-. The number of sulfone groups is 1. The largest absolute Gasteiger partial charge is 0.508 e. The van der Waals surface area contributed by atoms with Gasteiger partial charge in [0.15, 0.2) is 9.84 Å². The van der Waals surface area contributed by atoms with Crippen molar-refractivity contribution in [2.24, 2.45) is 5.92 Å². The number of ether oxygens (including phenoxy) is 1. The van der Waals surface area contributed by atoms with Gasteiger partial charge in [0.1, 0.15) is 23.6 Å². The van der Waals surface area contributed by atoms with Gasteiger partial charge in [-0.2, -0.15) is 0 Å². The number of dihydropyridines is 1. The van der Waals surface area contributed by atoms with Crippen LogP contribution in [0, 0.1) is 5.92 Å². The van der Waals surface area contributed by atoms with Crippen molar-refractivity contribution in [2.45, 2.75) is 17.7 Å². The Morgan fingerprint density at radius 1 is 1.36 bits per heavy atom. The first-order valence-corrected chi connectivity index (χ1v) is 12.3. The van der Waals surface area contributed by atoms with Gasteiger partial charge in [0.2, 0.25) is 0 Å². The normalized spacial score (nSPS) is 22.4. The minimum absolute atomic E-state index is 0.0890. The molecular formula is C25H29N3O4S. The van der Waals surface area contributed by atoms with Gasteiger partial charge in [0, 0.05) is 29.4 Å². The summed E-state index contributed by atoms with van der Waals surface area (Å²) in [6.45, 7) is 6.63. The number of benzene rings is 1. The maximum atomic E-state index is 12.4. The molecule has 2 aliphatic heterocycles. The number of hydrogen-bond donors (Lipinski definition) is 3. The summed E-state index contributed by atoms with van der Waals surface area (Å²) in [7, 11) is 0.191. The molecule has 8 heteroatoms. The first kappa shape index (κ1) is 22.9. The molecule has 0 fully saturated rings. The van der Waals surface area contributed by atoms with Crippen molar-refractivity contribution in [3.8, 4) is 0 Å². The zero-order valence-corrected chi connectivity index (χ0v) is 19.8. The average Bonchev–Trinajstić information content (AvgIpc) is 3.16. The minimum atomic E-state index is -3.54. The second-order valence-electron chi connectivity index (χ2n) is 8.69. The van der Waals surface area contributed by atoms with E-state index in [1.807, 2.05) is 37.2 Å². The van der Waals surface area contributed by atoms with Crippen LogP contribution in [0.4, 0.5) is 0 Å². The van der Waals surface area contributed by atoms with E-state index in [0.717, 1.165) is 34.6 Å². The van der Waals surface area contributed by atoms with E-state index in [1.54, 1.807) is 18.2 Å². The lowest BCUT2D eigenvalue weighted by molar-refractivity contribution is 0.275. The highest BCUT2D eigenvalue weighted by Gasteiger charge is 2.40. The summed E-state index contributed by atoms with van der Waals surface area (Å²) in [5.74, 6) is 1.46. The molecule has 174 valence electrons. The molecule has 2 unspecified atom stereocenters. The van der Waals surface area contributed by atoms with Crippen LogP contribution in [0.1, 0.15) is 18.4 Å². The maximum absolute atomic E-state index is 12.4. The van der Waals surface area contributed by atoms with Crippen LogP contribution >= 0.6 is 0 Å². The van der Waals surface area contributed by atoms with Crippen molar-refractivity contribution in [1.29, 1.82) is 0 Å². The first-order chi connectivity index (χ1) is 15.7. The molecule has 0 aromatic heterocycles. The van der Waals surface area contributed by atoms with Crippen molar-refractivity contribution in [2.75, 3.05) is 27.2 Å².